The minimum Gasteiger partial charge on any atom is -0.309 e. The summed E-state index contributed by atoms with van der Waals surface area (Å²) < 4.78 is 30.3. The minimum atomic E-state index is -3.86. The quantitative estimate of drug-likeness (QED) is 0.0940. The van der Waals surface area contributed by atoms with Gasteiger partial charge in [-0.2, -0.15) is 8.42 Å². The van der Waals surface area contributed by atoms with Gasteiger partial charge in [-0.25, -0.2) is 24.3 Å². The highest BCUT2D eigenvalue weighted by Crippen LogP contribution is 2.24. The Morgan fingerprint density at radius 3 is 1.61 bits per heavy atom. The second-order valence-corrected chi connectivity index (χ2v) is 19.5. The molecule has 18 nitrogen and oxygen atoms in total. The molecular formula is C34H38N12O6SSi. The summed E-state index contributed by atoms with van der Waals surface area (Å²) >= 11 is 0. The number of hydrogen-bond acceptors (Lipinski definition) is 13. The molecule has 0 radical (unpaired) electrons. The summed E-state index contributed by atoms with van der Waals surface area (Å²) in [6, 6.07) is 13.3. The Kier molecular flexibility index (Phi) is 11.7. The SMILES string of the molecule is C[C@H](OS(C)(=O)=O)C(=O)Nc1cccc(-c2cnnn2[C@H](C)C(=O)Nc2cccc(-c3cnnn3[C@H](C)C(=O)Nc3cccc(C#C[Si](C)(C)C)n3)n2)n1. The summed E-state index contributed by atoms with van der Waals surface area (Å²) in [4.78, 5) is 52.7. The van der Waals surface area contributed by atoms with Crippen molar-refractivity contribution in [2.24, 2.45) is 0 Å². The first-order chi connectivity index (χ1) is 25.5. The number of carbonyl (C=O) groups is 3. The van der Waals surface area contributed by atoms with Gasteiger partial charge in [0.25, 0.3) is 16.0 Å². The van der Waals surface area contributed by atoms with Crippen LogP contribution in [0.15, 0.2) is 67.0 Å². The van der Waals surface area contributed by atoms with Crippen molar-refractivity contribution >= 4 is 53.4 Å². The third-order valence-corrected chi connectivity index (χ3v) is 8.94. The van der Waals surface area contributed by atoms with Gasteiger partial charge < -0.3 is 16.0 Å². The first-order valence-corrected chi connectivity index (χ1v) is 21.9. The maximum absolute atomic E-state index is 13.5. The Balaban J connectivity index is 1.27. The molecule has 3 atom stereocenters. The van der Waals surface area contributed by atoms with Crippen LogP contribution in [0.5, 0.6) is 0 Å². The first-order valence-electron chi connectivity index (χ1n) is 16.5. The number of amides is 3. The molecule has 3 amide bonds. The van der Waals surface area contributed by atoms with Crippen LogP contribution in [0.25, 0.3) is 22.8 Å². The van der Waals surface area contributed by atoms with Crippen molar-refractivity contribution in [1.29, 1.82) is 0 Å². The van der Waals surface area contributed by atoms with E-state index in [-0.39, 0.29) is 17.5 Å². The zero-order valence-electron chi connectivity index (χ0n) is 30.5. The molecule has 5 aromatic rings. The predicted molar refractivity (Wildman–Crippen MR) is 202 cm³/mol. The zero-order valence-corrected chi connectivity index (χ0v) is 32.3. The second-order valence-electron chi connectivity index (χ2n) is 13.1. The Morgan fingerprint density at radius 2 is 1.15 bits per heavy atom. The lowest BCUT2D eigenvalue weighted by atomic mass is 10.2. The normalized spacial score (nSPS) is 13.2. The van der Waals surface area contributed by atoms with Gasteiger partial charge in [0, 0.05) is 0 Å². The maximum Gasteiger partial charge on any atom is 0.265 e. The summed E-state index contributed by atoms with van der Waals surface area (Å²) in [6.07, 6.45) is 2.43. The second kappa shape index (κ2) is 16.2. The lowest BCUT2D eigenvalue weighted by Crippen LogP contribution is -2.30. The molecule has 0 spiro atoms. The zero-order chi connectivity index (χ0) is 39.2. The smallest absolute Gasteiger partial charge is 0.265 e. The Morgan fingerprint density at radius 1 is 0.704 bits per heavy atom. The van der Waals surface area contributed by atoms with Crippen LogP contribution < -0.4 is 16.0 Å². The van der Waals surface area contributed by atoms with Crippen LogP contribution in [0, 0.1) is 11.5 Å². The van der Waals surface area contributed by atoms with E-state index in [2.05, 4.69) is 82.6 Å². The van der Waals surface area contributed by atoms with Crippen LogP contribution in [0.4, 0.5) is 17.5 Å². The number of nitrogens with one attached hydrogen (secondary N) is 3. The van der Waals surface area contributed by atoms with E-state index >= 15 is 0 Å². The maximum atomic E-state index is 13.5. The van der Waals surface area contributed by atoms with Gasteiger partial charge in [0.05, 0.1) is 30.0 Å². The van der Waals surface area contributed by atoms with E-state index in [1.165, 1.54) is 34.7 Å². The molecule has 0 bridgehead atoms. The van der Waals surface area contributed by atoms with Crippen molar-refractivity contribution in [1.82, 2.24) is 44.9 Å². The van der Waals surface area contributed by atoms with E-state index in [4.69, 9.17) is 4.18 Å². The molecule has 0 saturated carbocycles. The fourth-order valence-electron chi connectivity index (χ4n) is 4.76. The molecule has 0 aliphatic heterocycles. The Labute approximate surface area is 312 Å². The molecule has 5 heterocycles. The average molecular weight is 771 g/mol. The number of hydrogen-bond donors (Lipinski definition) is 3. The number of nitrogens with zero attached hydrogens (tertiary/aromatic N) is 9. The van der Waals surface area contributed by atoms with Crippen LogP contribution in [0.3, 0.4) is 0 Å². The summed E-state index contributed by atoms with van der Waals surface area (Å²) in [5, 5.41) is 24.3. The van der Waals surface area contributed by atoms with Crippen molar-refractivity contribution < 1.29 is 27.0 Å². The van der Waals surface area contributed by atoms with Gasteiger partial charge in [-0.15, -0.1) is 15.7 Å². The molecule has 0 fully saturated rings. The predicted octanol–water partition coefficient (Wildman–Crippen LogP) is 3.32. The summed E-state index contributed by atoms with van der Waals surface area (Å²) in [7, 11) is -5.47. The lowest BCUT2D eigenvalue weighted by molar-refractivity contribution is -0.122. The minimum absolute atomic E-state index is 0.112. The van der Waals surface area contributed by atoms with Gasteiger partial charge in [0.1, 0.15) is 54.7 Å². The standard InChI is InChI=1S/C34H38N12O6SSi/c1-21(32(47)40-29-14-8-11-24(37-29)17-18-54(5,6)7)45-27(19-35-43-45)25-12-9-15-30(38-25)41-33(48)22(2)46-28(20-36-44-46)26-13-10-16-31(39-26)42-34(49)23(3)52-53(4,50)51/h8-16,19-23H,1-7H3,(H,37,40,47)(H,38,41,48)(H,39,42,49)/t21-,22-,23+/m1/s1. The number of carbonyl (C=O) groups excluding carboxylic acids is 3. The van der Waals surface area contributed by atoms with Gasteiger partial charge >= 0.3 is 0 Å². The first kappa shape index (κ1) is 39.0. The largest absolute Gasteiger partial charge is 0.309 e. The number of aromatic nitrogens is 9. The molecule has 0 aliphatic rings. The molecule has 0 unspecified atom stereocenters. The van der Waals surface area contributed by atoms with Gasteiger partial charge in [-0.05, 0) is 57.2 Å². The molecule has 0 saturated heterocycles. The molecule has 0 aromatic carbocycles. The number of rotatable bonds is 12. The van der Waals surface area contributed by atoms with E-state index in [0.29, 0.717) is 34.3 Å². The van der Waals surface area contributed by atoms with Crippen LogP contribution in [0.2, 0.25) is 19.6 Å². The van der Waals surface area contributed by atoms with Gasteiger partial charge in [-0.3, -0.25) is 18.6 Å². The van der Waals surface area contributed by atoms with Crippen LogP contribution in [-0.2, 0) is 28.7 Å². The molecule has 0 aliphatic carbocycles. The monoisotopic (exact) mass is 770 g/mol. The lowest BCUT2D eigenvalue weighted by Gasteiger charge is -2.16. The molecule has 3 N–H and O–H groups in total. The van der Waals surface area contributed by atoms with Crippen LogP contribution in [0.1, 0.15) is 38.5 Å². The average Bonchev–Trinajstić information content (AvgIpc) is 3.80. The summed E-state index contributed by atoms with van der Waals surface area (Å²) in [5.74, 6) is 2.18. The third-order valence-electron chi connectivity index (χ3n) is 7.42. The van der Waals surface area contributed by atoms with Gasteiger partial charge in [0.2, 0.25) is 11.8 Å². The summed E-state index contributed by atoms with van der Waals surface area (Å²) in [6.45, 7) is 11.0. The van der Waals surface area contributed by atoms with E-state index in [0.717, 1.165) is 6.26 Å². The third kappa shape index (κ3) is 10.2. The molecule has 54 heavy (non-hydrogen) atoms. The number of pyridine rings is 3. The summed E-state index contributed by atoms with van der Waals surface area (Å²) in [5.41, 5.74) is 5.33. The fourth-order valence-corrected chi connectivity index (χ4v) is 5.88. The fraction of sp³-hybridized carbons (Fsp3) is 0.294. The highest BCUT2D eigenvalue weighted by molar-refractivity contribution is 7.86. The molecule has 5 rings (SSSR count). The highest BCUT2D eigenvalue weighted by Gasteiger charge is 2.24. The molecule has 20 heteroatoms. The topological polar surface area (TPSA) is 231 Å². The van der Waals surface area contributed by atoms with E-state index in [1.807, 2.05) is 0 Å². The molecular weight excluding hydrogens is 733 g/mol. The van der Waals surface area contributed by atoms with Gasteiger partial charge in [0.15, 0.2) is 6.10 Å². The van der Waals surface area contributed by atoms with Crippen molar-refractivity contribution in [3.05, 3.63) is 72.7 Å². The van der Waals surface area contributed by atoms with E-state index in [1.54, 1.807) is 62.4 Å². The number of anilines is 3. The van der Waals surface area contributed by atoms with E-state index in [9.17, 15) is 22.8 Å². The highest BCUT2D eigenvalue weighted by atomic mass is 32.2. The van der Waals surface area contributed by atoms with Crippen LogP contribution in [-0.4, -0.2) is 91.5 Å². The molecule has 280 valence electrons. The Hall–Kier alpha value is -6.17. The van der Waals surface area contributed by atoms with E-state index < -0.39 is 48.2 Å². The molecule has 5 aromatic heterocycles. The van der Waals surface area contributed by atoms with Gasteiger partial charge in [-0.1, -0.05) is 54.2 Å². The van der Waals surface area contributed by atoms with Crippen molar-refractivity contribution in [2.45, 2.75) is 58.6 Å². The Bertz CT molecular complexity index is 2360. The van der Waals surface area contributed by atoms with Crippen molar-refractivity contribution in [3.63, 3.8) is 0 Å². The van der Waals surface area contributed by atoms with Crippen molar-refractivity contribution in [3.8, 4) is 34.2 Å². The van der Waals surface area contributed by atoms with Crippen LogP contribution >= 0.6 is 0 Å². The van der Waals surface area contributed by atoms with Crippen molar-refractivity contribution in [2.75, 3.05) is 22.2 Å².